The molecule has 0 fully saturated rings. The van der Waals surface area contributed by atoms with Crippen molar-refractivity contribution in [2.24, 2.45) is 7.05 Å². The van der Waals surface area contributed by atoms with E-state index < -0.39 is 0 Å². The zero-order valence-electron chi connectivity index (χ0n) is 8.06. The van der Waals surface area contributed by atoms with Gasteiger partial charge in [-0.3, -0.25) is 4.68 Å². The molecule has 2 aromatic rings. The summed E-state index contributed by atoms with van der Waals surface area (Å²) < 4.78 is 6.56. The molecule has 14 heavy (non-hydrogen) atoms. The van der Waals surface area contributed by atoms with E-state index in [0.717, 1.165) is 11.5 Å². The summed E-state index contributed by atoms with van der Waals surface area (Å²) in [6, 6.07) is 1.83. The summed E-state index contributed by atoms with van der Waals surface area (Å²) in [5, 5.41) is 14.6. The maximum atomic E-state index is 4.90. The van der Waals surface area contributed by atoms with Crippen LogP contribution in [0.4, 0.5) is 5.82 Å². The van der Waals surface area contributed by atoms with E-state index in [9.17, 15) is 0 Å². The molecule has 0 amide bonds. The molecule has 0 aliphatic carbocycles. The van der Waals surface area contributed by atoms with Crippen LogP contribution in [-0.4, -0.2) is 20.2 Å². The van der Waals surface area contributed by atoms with Crippen molar-refractivity contribution >= 4 is 5.82 Å². The number of aromatic nitrogens is 4. The van der Waals surface area contributed by atoms with E-state index in [0.29, 0.717) is 12.4 Å². The molecule has 0 radical (unpaired) electrons. The van der Waals surface area contributed by atoms with E-state index in [1.54, 1.807) is 4.68 Å². The Morgan fingerprint density at radius 2 is 2.43 bits per heavy atom. The van der Waals surface area contributed by atoms with Crippen molar-refractivity contribution in [2.75, 3.05) is 5.32 Å². The van der Waals surface area contributed by atoms with Gasteiger partial charge in [-0.25, -0.2) is 0 Å². The fourth-order valence-corrected chi connectivity index (χ4v) is 1.11. The van der Waals surface area contributed by atoms with E-state index >= 15 is 0 Å². The van der Waals surface area contributed by atoms with Crippen LogP contribution in [0.2, 0.25) is 0 Å². The predicted molar refractivity (Wildman–Crippen MR) is 49.6 cm³/mol. The van der Waals surface area contributed by atoms with Crippen LogP contribution in [-0.2, 0) is 13.6 Å². The van der Waals surface area contributed by atoms with Crippen molar-refractivity contribution in [1.82, 2.24) is 20.2 Å². The van der Waals surface area contributed by atoms with Crippen molar-refractivity contribution < 1.29 is 4.52 Å². The smallest absolute Gasteiger partial charge is 0.169 e. The molecule has 2 aromatic heterocycles. The van der Waals surface area contributed by atoms with Crippen LogP contribution in [0.15, 0.2) is 16.8 Å². The quantitative estimate of drug-likeness (QED) is 0.778. The lowest BCUT2D eigenvalue weighted by Gasteiger charge is -1.95. The number of hydrogen-bond acceptors (Lipinski definition) is 5. The van der Waals surface area contributed by atoms with E-state index in [1.165, 1.54) is 0 Å². The fourth-order valence-electron chi connectivity index (χ4n) is 1.11. The van der Waals surface area contributed by atoms with Crippen LogP contribution in [0.25, 0.3) is 0 Å². The van der Waals surface area contributed by atoms with Crippen LogP contribution < -0.4 is 5.32 Å². The topological polar surface area (TPSA) is 68.8 Å². The Morgan fingerprint density at radius 3 is 3.00 bits per heavy atom. The van der Waals surface area contributed by atoms with Gasteiger partial charge in [0.1, 0.15) is 11.5 Å². The third-order valence-electron chi connectivity index (χ3n) is 1.73. The molecule has 2 rings (SSSR count). The summed E-state index contributed by atoms with van der Waals surface area (Å²) in [6.45, 7) is 2.44. The van der Waals surface area contributed by atoms with Gasteiger partial charge in [-0.2, -0.15) is 0 Å². The third-order valence-corrected chi connectivity index (χ3v) is 1.73. The second-order valence-electron chi connectivity index (χ2n) is 3.06. The highest BCUT2D eigenvalue weighted by Gasteiger charge is 2.01. The van der Waals surface area contributed by atoms with Crippen LogP contribution >= 0.6 is 0 Å². The molecule has 2 heterocycles. The Bertz CT molecular complexity index is 379. The number of hydrogen-bond donors (Lipinski definition) is 1. The Hall–Kier alpha value is -1.85. The number of nitrogens with one attached hydrogen (secondary N) is 1. The highest BCUT2D eigenvalue weighted by atomic mass is 16.5. The largest absolute Gasteiger partial charge is 0.361 e. The summed E-state index contributed by atoms with van der Waals surface area (Å²) in [6.07, 6.45) is 1.85. The minimum atomic E-state index is 0.597. The molecule has 0 unspecified atom stereocenters. The molecule has 74 valence electrons. The predicted octanol–water partition coefficient (Wildman–Crippen LogP) is 0.724. The van der Waals surface area contributed by atoms with E-state index in [2.05, 4.69) is 20.8 Å². The molecule has 0 aromatic carbocycles. The summed E-state index contributed by atoms with van der Waals surface area (Å²) in [5.74, 6) is 1.50. The Balaban J connectivity index is 1.94. The first-order valence-electron chi connectivity index (χ1n) is 4.26. The van der Waals surface area contributed by atoms with Crippen molar-refractivity contribution in [1.29, 1.82) is 0 Å². The van der Waals surface area contributed by atoms with Crippen molar-refractivity contribution in [3.05, 3.63) is 23.7 Å². The molecule has 0 spiro atoms. The zero-order chi connectivity index (χ0) is 9.97. The van der Waals surface area contributed by atoms with Crippen molar-refractivity contribution in [3.63, 3.8) is 0 Å². The Labute approximate surface area is 80.9 Å². The fraction of sp³-hybridized carbons (Fsp3) is 0.375. The van der Waals surface area contributed by atoms with Crippen molar-refractivity contribution in [2.45, 2.75) is 13.5 Å². The SMILES string of the molecule is Cc1cc(NCc2cn(C)nn2)no1. The van der Waals surface area contributed by atoms with Gasteiger partial charge in [0.25, 0.3) is 0 Å². The number of aryl methyl sites for hydroxylation is 2. The van der Waals surface area contributed by atoms with E-state index in [1.807, 2.05) is 26.2 Å². The molecule has 0 saturated carbocycles. The summed E-state index contributed by atoms with van der Waals surface area (Å²) in [5.41, 5.74) is 0.869. The first-order valence-corrected chi connectivity index (χ1v) is 4.26. The lowest BCUT2D eigenvalue weighted by molar-refractivity contribution is 0.399. The summed E-state index contributed by atoms with van der Waals surface area (Å²) in [4.78, 5) is 0. The summed E-state index contributed by atoms with van der Waals surface area (Å²) in [7, 11) is 1.83. The normalized spacial score (nSPS) is 10.4. The maximum Gasteiger partial charge on any atom is 0.169 e. The molecule has 0 aliphatic rings. The molecular weight excluding hydrogens is 182 g/mol. The minimum Gasteiger partial charge on any atom is -0.361 e. The molecule has 1 N–H and O–H groups in total. The molecular formula is C8H11N5O. The third kappa shape index (κ3) is 1.90. The Morgan fingerprint density at radius 1 is 1.57 bits per heavy atom. The average Bonchev–Trinajstić information content (AvgIpc) is 2.72. The molecule has 0 atom stereocenters. The summed E-state index contributed by atoms with van der Waals surface area (Å²) >= 11 is 0. The van der Waals surface area contributed by atoms with Gasteiger partial charge in [-0.05, 0) is 6.92 Å². The van der Waals surface area contributed by atoms with Gasteiger partial charge in [0.15, 0.2) is 5.82 Å². The first-order chi connectivity index (χ1) is 6.74. The first kappa shape index (κ1) is 8.74. The molecule has 0 aliphatic heterocycles. The van der Waals surface area contributed by atoms with Crippen LogP contribution in [0.1, 0.15) is 11.5 Å². The van der Waals surface area contributed by atoms with Gasteiger partial charge < -0.3 is 9.84 Å². The van der Waals surface area contributed by atoms with E-state index in [4.69, 9.17) is 4.52 Å². The molecule has 6 nitrogen and oxygen atoms in total. The lowest BCUT2D eigenvalue weighted by atomic mass is 10.4. The second kappa shape index (κ2) is 3.49. The van der Waals surface area contributed by atoms with Gasteiger partial charge in [-0.15, -0.1) is 5.10 Å². The number of rotatable bonds is 3. The molecule has 6 heteroatoms. The zero-order valence-corrected chi connectivity index (χ0v) is 8.06. The second-order valence-corrected chi connectivity index (χ2v) is 3.06. The van der Waals surface area contributed by atoms with Crippen LogP contribution in [0.5, 0.6) is 0 Å². The van der Waals surface area contributed by atoms with Gasteiger partial charge >= 0.3 is 0 Å². The molecule has 0 saturated heterocycles. The van der Waals surface area contributed by atoms with Crippen LogP contribution in [0.3, 0.4) is 0 Å². The maximum absolute atomic E-state index is 4.90. The monoisotopic (exact) mass is 193 g/mol. The number of anilines is 1. The molecule has 0 bridgehead atoms. The van der Waals surface area contributed by atoms with E-state index in [-0.39, 0.29) is 0 Å². The van der Waals surface area contributed by atoms with Gasteiger partial charge in [0.05, 0.1) is 6.54 Å². The standard InChI is InChI=1S/C8H11N5O/c1-6-3-8(11-14-6)9-4-7-5-13(2)12-10-7/h3,5H,4H2,1-2H3,(H,9,11). The average molecular weight is 193 g/mol. The highest BCUT2D eigenvalue weighted by Crippen LogP contribution is 2.07. The highest BCUT2D eigenvalue weighted by molar-refractivity contribution is 5.33. The van der Waals surface area contributed by atoms with Gasteiger partial charge in [-0.1, -0.05) is 10.4 Å². The Kier molecular flexibility index (Phi) is 2.18. The number of nitrogens with zero attached hydrogens (tertiary/aromatic N) is 4. The lowest BCUT2D eigenvalue weighted by Crippen LogP contribution is -1.99. The van der Waals surface area contributed by atoms with Crippen molar-refractivity contribution in [3.8, 4) is 0 Å². The van der Waals surface area contributed by atoms with Gasteiger partial charge in [0, 0.05) is 19.3 Å². The van der Waals surface area contributed by atoms with Crippen LogP contribution in [0, 0.1) is 6.92 Å². The minimum absolute atomic E-state index is 0.597. The van der Waals surface area contributed by atoms with Gasteiger partial charge in [0.2, 0.25) is 0 Å².